The Kier molecular flexibility index (Phi) is 7.19. The zero-order chi connectivity index (χ0) is 22.3. The van der Waals surface area contributed by atoms with Crippen molar-refractivity contribution in [3.63, 3.8) is 0 Å². The molecule has 0 aliphatic carbocycles. The molecule has 0 fully saturated rings. The lowest BCUT2D eigenvalue weighted by Crippen LogP contribution is -2.28. The number of amides is 1. The van der Waals surface area contributed by atoms with Crippen molar-refractivity contribution in [1.82, 2.24) is 14.9 Å². The van der Waals surface area contributed by atoms with Gasteiger partial charge in [0.05, 0.1) is 24.0 Å². The van der Waals surface area contributed by atoms with Crippen LogP contribution in [0.1, 0.15) is 11.4 Å². The number of hydrogen-bond acceptors (Lipinski definition) is 4. The van der Waals surface area contributed by atoms with Gasteiger partial charge in [0.1, 0.15) is 24.3 Å². The van der Waals surface area contributed by atoms with Crippen LogP contribution in [0, 0.1) is 0 Å². The van der Waals surface area contributed by atoms with E-state index in [1.165, 1.54) is 0 Å². The van der Waals surface area contributed by atoms with Gasteiger partial charge in [-0.15, -0.1) is 0 Å². The summed E-state index contributed by atoms with van der Waals surface area (Å²) >= 11 is 3.41. The van der Waals surface area contributed by atoms with Crippen LogP contribution in [0.15, 0.2) is 83.3 Å². The van der Waals surface area contributed by atoms with Crippen LogP contribution in [0.3, 0.4) is 0 Å². The minimum atomic E-state index is -0.766. The van der Waals surface area contributed by atoms with Crippen molar-refractivity contribution in [3.8, 4) is 5.75 Å². The molecular weight excluding hydrogens is 470 g/mol. The molecule has 1 atom stereocenters. The third-order valence-electron chi connectivity index (χ3n) is 5.02. The number of para-hydroxylation sites is 2. The van der Waals surface area contributed by atoms with Crippen molar-refractivity contribution < 1.29 is 14.6 Å². The third-order valence-corrected chi connectivity index (χ3v) is 5.51. The van der Waals surface area contributed by atoms with Crippen LogP contribution in [0.5, 0.6) is 5.75 Å². The summed E-state index contributed by atoms with van der Waals surface area (Å²) in [7, 11) is 0. The number of nitrogens with one attached hydrogen (secondary N) is 1. The molecule has 1 amide bonds. The molecule has 164 valence electrons. The molecule has 0 aliphatic rings. The zero-order valence-corrected chi connectivity index (χ0v) is 19.0. The Labute approximate surface area is 195 Å². The predicted octanol–water partition coefficient (Wildman–Crippen LogP) is 4.10. The second-order valence-electron chi connectivity index (χ2n) is 7.49. The number of imidazole rings is 1. The van der Waals surface area contributed by atoms with Gasteiger partial charge in [-0.25, -0.2) is 4.98 Å². The van der Waals surface area contributed by atoms with E-state index >= 15 is 0 Å². The summed E-state index contributed by atoms with van der Waals surface area (Å²) in [6.07, 6.45) is -0.640. The number of aromatic nitrogens is 2. The Morgan fingerprint density at radius 3 is 2.66 bits per heavy atom. The third kappa shape index (κ3) is 5.75. The number of rotatable bonds is 9. The van der Waals surface area contributed by atoms with Crippen molar-refractivity contribution in [2.75, 3.05) is 6.61 Å². The molecule has 2 N–H and O–H groups in total. The van der Waals surface area contributed by atoms with Crippen LogP contribution >= 0.6 is 15.9 Å². The van der Waals surface area contributed by atoms with Gasteiger partial charge >= 0.3 is 0 Å². The van der Waals surface area contributed by atoms with Gasteiger partial charge in [0.15, 0.2) is 0 Å². The summed E-state index contributed by atoms with van der Waals surface area (Å²) in [6.45, 7) is 0.863. The highest BCUT2D eigenvalue weighted by molar-refractivity contribution is 9.10. The molecule has 0 saturated heterocycles. The number of aliphatic hydroxyl groups is 1. The number of nitrogens with zero attached hydrogens (tertiary/aromatic N) is 2. The molecule has 0 aliphatic heterocycles. The average Bonchev–Trinajstić information content (AvgIpc) is 3.14. The molecule has 0 unspecified atom stereocenters. The van der Waals surface area contributed by atoms with Gasteiger partial charge in [-0.05, 0) is 35.9 Å². The topological polar surface area (TPSA) is 76.4 Å². The molecule has 3 aromatic carbocycles. The normalized spacial score (nSPS) is 11.9. The maximum atomic E-state index is 12.6. The van der Waals surface area contributed by atoms with Gasteiger partial charge < -0.3 is 19.7 Å². The second-order valence-corrected chi connectivity index (χ2v) is 8.40. The van der Waals surface area contributed by atoms with Crippen LogP contribution < -0.4 is 10.1 Å². The highest BCUT2D eigenvalue weighted by Gasteiger charge is 2.17. The number of benzene rings is 3. The first-order chi connectivity index (χ1) is 15.6. The van der Waals surface area contributed by atoms with E-state index in [4.69, 9.17) is 4.74 Å². The number of fused-ring (bicyclic) bond motifs is 1. The van der Waals surface area contributed by atoms with E-state index < -0.39 is 6.10 Å². The van der Waals surface area contributed by atoms with E-state index in [0.717, 1.165) is 21.1 Å². The SMILES string of the molecule is O=C(Cc1nc2ccccc2n1C[C@H](O)COc1cccc(Br)c1)NCc1ccccc1. The van der Waals surface area contributed by atoms with Crippen LogP contribution in [0.2, 0.25) is 0 Å². The minimum Gasteiger partial charge on any atom is -0.491 e. The molecule has 0 bridgehead atoms. The van der Waals surface area contributed by atoms with Gasteiger partial charge in [0.25, 0.3) is 0 Å². The summed E-state index contributed by atoms with van der Waals surface area (Å²) in [5.41, 5.74) is 2.70. The summed E-state index contributed by atoms with van der Waals surface area (Å²) in [4.78, 5) is 17.2. The monoisotopic (exact) mass is 493 g/mol. The van der Waals surface area contributed by atoms with Crippen molar-refractivity contribution in [2.45, 2.75) is 25.6 Å². The molecule has 1 heterocycles. The fourth-order valence-corrected chi connectivity index (χ4v) is 3.86. The lowest BCUT2D eigenvalue weighted by Gasteiger charge is -2.16. The fourth-order valence-electron chi connectivity index (χ4n) is 3.48. The van der Waals surface area contributed by atoms with Gasteiger partial charge in [-0.3, -0.25) is 4.79 Å². The van der Waals surface area contributed by atoms with Crippen molar-refractivity contribution in [2.24, 2.45) is 0 Å². The largest absolute Gasteiger partial charge is 0.491 e. The summed E-state index contributed by atoms with van der Waals surface area (Å²) < 4.78 is 8.53. The van der Waals surface area contributed by atoms with Crippen LogP contribution in [-0.2, 0) is 24.3 Å². The van der Waals surface area contributed by atoms with Gasteiger partial charge in [-0.2, -0.15) is 0 Å². The number of carbonyl (C=O) groups is 1. The molecule has 7 heteroatoms. The molecule has 32 heavy (non-hydrogen) atoms. The first kappa shape index (κ1) is 22.0. The number of aliphatic hydroxyl groups excluding tert-OH is 1. The second kappa shape index (κ2) is 10.4. The molecule has 4 rings (SSSR count). The quantitative estimate of drug-likeness (QED) is 0.368. The van der Waals surface area contributed by atoms with E-state index in [1.54, 1.807) is 0 Å². The molecule has 0 radical (unpaired) electrons. The Hall–Kier alpha value is -3.16. The number of halogens is 1. The maximum Gasteiger partial charge on any atom is 0.227 e. The van der Waals surface area contributed by atoms with Crippen molar-refractivity contribution in [1.29, 1.82) is 0 Å². The minimum absolute atomic E-state index is 0.120. The molecule has 1 aromatic heterocycles. The highest BCUT2D eigenvalue weighted by Crippen LogP contribution is 2.20. The lowest BCUT2D eigenvalue weighted by molar-refractivity contribution is -0.120. The zero-order valence-electron chi connectivity index (χ0n) is 17.4. The van der Waals surface area contributed by atoms with E-state index in [9.17, 15) is 9.90 Å². The molecule has 6 nitrogen and oxygen atoms in total. The van der Waals surface area contributed by atoms with Crippen LogP contribution in [0.4, 0.5) is 0 Å². The fraction of sp³-hybridized carbons (Fsp3) is 0.200. The Morgan fingerprint density at radius 2 is 1.84 bits per heavy atom. The van der Waals surface area contributed by atoms with Crippen molar-refractivity contribution in [3.05, 3.63) is 94.7 Å². The standard InChI is InChI=1S/C25H24BrN3O3/c26-19-9-6-10-21(13-19)32-17-20(30)16-29-23-12-5-4-11-22(23)28-24(29)14-25(31)27-15-18-7-2-1-3-8-18/h1-13,20,30H,14-17H2,(H,27,31)/t20-/m0/s1. The molecule has 0 spiro atoms. The van der Waals surface area contributed by atoms with Gasteiger partial charge in [0.2, 0.25) is 5.91 Å². The highest BCUT2D eigenvalue weighted by atomic mass is 79.9. The van der Waals surface area contributed by atoms with Gasteiger partial charge in [-0.1, -0.05) is 64.5 Å². The Balaban J connectivity index is 1.44. The lowest BCUT2D eigenvalue weighted by atomic mass is 10.2. The smallest absolute Gasteiger partial charge is 0.227 e. The number of hydrogen-bond donors (Lipinski definition) is 2. The molecule has 4 aromatic rings. The van der Waals surface area contributed by atoms with E-state index in [-0.39, 0.29) is 25.5 Å². The summed E-state index contributed by atoms with van der Waals surface area (Å²) in [5, 5.41) is 13.6. The molecule has 0 saturated carbocycles. The first-order valence-electron chi connectivity index (χ1n) is 10.4. The van der Waals surface area contributed by atoms with E-state index in [1.807, 2.05) is 83.4 Å². The summed E-state index contributed by atoms with van der Waals surface area (Å²) in [5.74, 6) is 1.16. The first-order valence-corrected chi connectivity index (χ1v) is 11.2. The van der Waals surface area contributed by atoms with E-state index in [0.29, 0.717) is 18.1 Å². The maximum absolute atomic E-state index is 12.6. The Morgan fingerprint density at radius 1 is 1.06 bits per heavy atom. The summed E-state index contributed by atoms with van der Waals surface area (Å²) in [6, 6.07) is 24.9. The van der Waals surface area contributed by atoms with E-state index in [2.05, 4.69) is 26.2 Å². The number of ether oxygens (including phenoxy) is 1. The van der Waals surface area contributed by atoms with Crippen LogP contribution in [0.25, 0.3) is 11.0 Å². The van der Waals surface area contributed by atoms with Gasteiger partial charge in [0, 0.05) is 11.0 Å². The molecular formula is C25H24BrN3O3. The van der Waals surface area contributed by atoms with Crippen LogP contribution in [-0.4, -0.2) is 33.3 Å². The Bertz CT molecular complexity index is 1190. The average molecular weight is 494 g/mol. The van der Waals surface area contributed by atoms with Crippen molar-refractivity contribution >= 4 is 32.9 Å². The predicted molar refractivity (Wildman–Crippen MR) is 127 cm³/mol. The number of carbonyl (C=O) groups excluding carboxylic acids is 1.